The van der Waals surface area contributed by atoms with Crippen LogP contribution in [0.2, 0.25) is 0 Å². The van der Waals surface area contributed by atoms with Crippen molar-refractivity contribution in [1.29, 1.82) is 0 Å². The van der Waals surface area contributed by atoms with Crippen LogP contribution in [0.1, 0.15) is 5.82 Å². The second-order valence-corrected chi connectivity index (χ2v) is 3.97. The van der Waals surface area contributed by atoms with Crippen molar-refractivity contribution in [3.05, 3.63) is 40.8 Å². The molecule has 3 heteroatoms. The fourth-order valence-corrected chi connectivity index (χ4v) is 1.94. The molecule has 72 valence electrons. The molecule has 0 aliphatic heterocycles. The predicted molar refractivity (Wildman–Crippen MR) is 61.1 cm³/mol. The molecule has 1 heterocycles. The van der Waals surface area contributed by atoms with Gasteiger partial charge in [-0.25, -0.2) is 4.98 Å². The van der Waals surface area contributed by atoms with Crippen LogP contribution in [0.3, 0.4) is 0 Å². The zero-order valence-corrected chi connectivity index (χ0v) is 9.75. The van der Waals surface area contributed by atoms with Crippen molar-refractivity contribution < 1.29 is 0 Å². The predicted octanol–water partition coefficient (Wildman–Crippen LogP) is 3.16. The third-order valence-electron chi connectivity index (χ3n) is 2.30. The summed E-state index contributed by atoms with van der Waals surface area (Å²) in [6.45, 7) is 2.00. The highest BCUT2D eigenvalue weighted by Crippen LogP contribution is 2.27. The summed E-state index contributed by atoms with van der Waals surface area (Å²) in [4.78, 5) is 4.50. The number of hydrogen-bond acceptors (Lipinski definition) is 1. The lowest BCUT2D eigenvalue weighted by molar-refractivity contribution is 0.840. The summed E-state index contributed by atoms with van der Waals surface area (Å²) in [6.07, 6.45) is 0. The van der Waals surface area contributed by atoms with E-state index in [1.54, 1.807) is 0 Å². The fraction of sp³-hybridized carbons (Fsp3) is 0.182. The average molecular weight is 251 g/mol. The van der Waals surface area contributed by atoms with E-state index in [0.29, 0.717) is 0 Å². The lowest BCUT2D eigenvalue weighted by atomic mass is 10.2. The summed E-state index contributed by atoms with van der Waals surface area (Å²) < 4.78 is 3.06. The quantitative estimate of drug-likeness (QED) is 0.761. The van der Waals surface area contributed by atoms with Crippen LogP contribution in [0.25, 0.3) is 11.3 Å². The Kier molecular flexibility index (Phi) is 2.42. The van der Waals surface area contributed by atoms with Crippen LogP contribution < -0.4 is 0 Å². The highest BCUT2D eigenvalue weighted by molar-refractivity contribution is 9.10. The van der Waals surface area contributed by atoms with Gasteiger partial charge < -0.3 is 4.57 Å². The SMILES string of the molecule is Cc1nc(-c2ccccc2)c(Br)n1C. The topological polar surface area (TPSA) is 17.8 Å². The van der Waals surface area contributed by atoms with E-state index < -0.39 is 0 Å². The Bertz CT molecular complexity index is 446. The van der Waals surface area contributed by atoms with Gasteiger partial charge in [0, 0.05) is 12.6 Å². The van der Waals surface area contributed by atoms with E-state index in [9.17, 15) is 0 Å². The Labute approximate surface area is 91.7 Å². The first-order chi connectivity index (χ1) is 6.70. The van der Waals surface area contributed by atoms with E-state index in [-0.39, 0.29) is 0 Å². The molecule has 2 nitrogen and oxygen atoms in total. The fourth-order valence-electron chi connectivity index (χ4n) is 1.36. The maximum atomic E-state index is 4.50. The van der Waals surface area contributed by atoms with Gasteiger partial charge in [-0.3, -0.25) is 0 Å². The van der Waals surface area contributed by atoms with Crippen molar-refractivity contribution in [2.24, 2.45) is 7.05 Å². The smallest absolute Gasteiger partial charge is 0.112 e. The van der Waals surface area contributed by atoms with Crippen LogP contribution in [-0.2, 0) is 7.05 Å². The minimum Gasteiger partial charge on any atom is -0.326 e. The summed E-state index contributed by atoms with van der Waals surface area (Å²) in [5.41, 5.74) is 2.15. The molecule has 2 rings (SSSR count). The van der Waals surface area contributed by atoms with E-state index in [2.05, 4.69) is 33.0 Å². The van der Waals surface area contributed by atoms with Crippen LogP contribution in [0.4, 0.5) is 0 Å². The van der Waals surface area contributed by atoms with Gasteiger partial charge in [-0.1, -0.05) is 30.3 Å². The Morgan fingerprint density at radius 3 is 2.36 bits per heavy atom. The number of halogens is 1. The van der Waals surface area contributed by atoms with E-state index in [1.807, 2.05) is 36.7 Å². The molecule has 0 N–H and O–H groups in total. The Hall–Kier alpha value is -1.09. The van der Waals surface area contributed by atoms with Gasteiger partial charge >= 0.3 is 0 Å². The lowest BCUT2D eigenvalue weighted by Gasteiger charge is -1.97. The van der Waals surface area contributed by atoms with Crippen LogP contribution in [0.15, 0.2) is 34.9 Å². The molecule has 0 aliphatic rings. The van der Waals surface area contributed by atoms with Crippen LogP contribution in [-0.4, -0.2) is 9.55 Å². The van der Waals surface area contributed by atoms with Crippen LogP contribution in [0, 0.1) is 6.92 Å². The zero-order valence-electron chi connectivity index (χ0n) is 8.16. The zero-order chi connectivity index (χ0) is 10.1. The first-order valence-electron chi connectivity index (χ1n) is 4.44. The highest BCUT2D eigenvalue weighted by Gasteiger charge is 2.10. The second kappa shape index (κ2) is 3.58. The van der Waals surface area contributed by atoms with Crippen molar-refractivity contribution >= 4 is 15.9 Å². The third-order valence-corrected chi connectivity index (χ3v) is 3.20. The molecule has 0 spiro atoms. The number of benzene rings is 1. The normalized spacial score (nSPS) is 10.5. The summed E-state index contributed by atoms with van der Waals surface area (Å²) >= 11 is 3.54. The van der Waals surface area contributed by atoms with Gasteiger partial charge in [0.2, 0.25) is 0 Å². The maximum Gasteiger partial charge on any atom is 0.112 e. The molecule has 0 atom stereocenters. The van der Waals surface area contributed by atoms with Crippen molar-refractivity contribution in [2.45, 2.75) is 6.92 Å². The second-order valence-electron chi connectivity index (χ2n) is 3.22. The van der Waals surface area contributed by atoms with E-state index in [1.165, 1.54) is 0 Å². The molecule has 1 aromatic carbocycles. The number of aryl methyl sites for hydroxylation is 1. The summed E-state index contributed by atoms with van der Waals surface area (Å²) in [7, 11) is 2.00. The molecule has 0 fully saturated rings. The first kappa shape index (κ1) is 9.46. The Morgan fingerprint density at radius 1 is 1.21 bits per heavy atom. The summed E-state index contributed by atoms with van der Waals surface area (Å²) in [5.74, 6) is 1.01. The van der Waals surface area contributed by atoms with Gasteiger partial charge in [-0.2, -0.15) is 0 Å². The molecule has 0 radical (unpaired) electrons. The molecule has 0 amide bonds. The molecule has 14 heavy (non-hydrogen) atoms. The summed E-state index contributed by atoms with van der Waals surface area (Å²) in [6, 6.07) is 10.2. The van der Waals surface area contributed by atoms with Crippen molar-refractivity contribution in [3.8, 4) is 11.3 Å². The highest BCUT2D eigenvalue weighted by atomic mass is 79.9. The molecule has 0 bridgehead atoms. The van der Waals surface area contributed by atoms with Gasteiger partial charge in [-0.15, -0.1) is 0 Å². The van der Waals surface area contributed by atoms with Crippen molar-refractivity contribution in [2.75, 3.05) is 0 Å². The minimum absolute atomic E-state index is 1.01. The van der Waals surface area contributed by atoms with Crippen LogP contribution >= 0.6 is 15.9 Å². The standard InChI is InChI=1S/C11H11BrN2/c1-8-13-10(11(12)14(8)2)9-6-4-3-5-7-9/h3-7H,1-2H3. The summed E-state index contributed by atoms with van der Waals surface area (Å²) in [5, 5.41) is 0. The molecule has 0 unspecified atom stereocenters. The average Bonchev–Trinajstić information content (AvgIpc) is 2.47. The van der Waals surface area contributed by atoms with Gasteiger partial charge in [0.25, 0.3) is 0 Å². The Morgan fingerprint density at radius 2 is 1.86 bits per heavy atom. The van der Waals surface area contributed by atoms with Crippen molar-refractivity contribution in [1.82, 2.24) is 9.55 Å². The van der Waals surface area contributed by atoms with Gasteiger partial charge in [-0.05, 0) is 22.9 Å². The number of aromatic nitrogens is 2. The molecule has 1 aromatic heterocycles. The lowest BCUT2D eigenvalue weighted by Crippen LogP contribution is -1.90. The van der Waals surface area contributed by atoms with Gasteiger partial charge in [0.15, 0.2) is 0 Å². The third kappa shape index (κ3) is 1.48. The number of hydrogen-bond donors (Lipinski definition) is 0. The number of imidazole rings is 1. The van der Waals surface area contributed by atoms with E-state index in [0.717, 1.165) is 21.7 Å². The molecular formula is C11H11BrN2. The Balaban J connectivity index is 2.58. The molecule has 0 saturated carbocycles. The van der Waals surface area contributed by atoms with Crippen molar-refractivity contribution in [3.63, 3.8) is 0 Å². The first-order valence-corrected chi connectivity index (χ1v) is 5.23. The number of rotatable bonds is 1. The molecule has 2 aromatic rings. The van der Waals surface area contributed by atoms with E-state index in [4.69, 9.17) is 0 Å². The van der Waals surface area contributed by atoms with Crippen LogP contribution in [0.5, 0.6) is 0 Å². The minimum atomic E-state index is 1.01. The largest absolute Gasteiger partial charge is 0.326 e. The van der Waals surface area contributed by atoms with Gasteiger partial charge in [0.05, 0.1) is 0 Å². The maximum absolute atomic E-state index is 4.50. The van der Waals surface area contributed by atoms with E-state index >= 15 is 0 Å². The van der Waals surface area contributed by atoms with Gasteiger partial charge in [0.1, 0.15) is 16.1 Å². The molecular weight excluding hydrogens is 240 g/mol. The molecule has 0 saturated heterocycles. The monoisotopic (exact) mass is 250 g/mol. The number of nitrogens with zero attached hydrogens (tertiary/aromatic N) is 2. The molecule has 0 aliphatic carbocycles.